The summed E-state index contributed by atoms with van der Waals surface area (Å²) in [6.45, 7) is 0. The summed E-state index contributed by atoms with van der Waals surface area (Å²) in [4.78, 5) is 0. The molecule has 4 nitrogen and oxygen atoms in total. The minimum Gasteiger partial charge on any atom is -0.480 e. The number of hydrogen-bond acceptors (Lipinski definition) is 4. The van der Waals surface area contributed by atoms with Gasteiger partial charge in [-0.05, 0) is 31.7 Å². The Balaban J connectivity index is 2.10. The van der Waals surface area contributed by atoms with E-state index in [1.807, 2.05) is 12.1 Å². The normalized spacial score (nSPS) is 21.3. The quantitative estimate of drug-likeness (QED) is 0.834. The molecule has 0 aliphatic heterocycles. The Labute approximate surface area is 108 Å². The Morgan fingerprint density at radius 3 is 2.72 bits per heavy atom. The van der Waals surface area contributed by atoms with Crippen LogP contribution in [0.25, 0.3) is 0 Å². The highest BCUT2D eigenvalue weighted by atomic mass is 16.5. The smallest absolute Gasteiger partial charge is 0.233 e. The molecule has 1 aliphatic carbocycles. The minimum absolute atomic E-state index is 0.124. The minimum atomic E-state index is -0.124. The van der Waals surface area contributed by atoms with Crippen molar-refractivity contribution < 1.29 is 4.74 Å². The number of rotatable bonds is 3. The number of hydrogen-bond donors (Lipinski definition) is 1. The number of ether oxygens (including phenoxy) is 1. The zero-order valence-corrected chi connectivity index (χ0v) is 10.9. The van der Waals surface area contributed by atoms with Crippen molar-refractivity contribution in [2.24, 2.45) is 5.73 Å². The van der Waals surface area contributed by atoms with E-state index in [1.54, 1.807) is 7.11 Å². The van der Waals surface area contributed by atoms with Crippen molar-refractivity contribution in [2.45, 2.75) is 44.6 Å². The van der Waals surface area contributed by atoms with Crippen molar-refractivity contribution in [1.82, 2.24) is 10.2 Å². The van der Waals surface area contributed by atoms with E-state index in [9.17, 15) is 0 Å². The average molecular weight is 247 g/mol. The van der Waals surface area contributed by atoms with E-state index in [1.165, 1.54) is 31.3 Å². The zero-order valence-electron chi connectivity index (χ0n) is 10.9. The highest BCUT2D eigenvalue weighted by molar-refractivity contribution is 5.23. The molecule has 0 radical (unpaired) electrons. The van der Waals surface area contributed by atoms with Crippen LogP contribution in [0.3, 0.4) is 0 Å². The molecule has 0 amide bonds. The fraction of sp³-hybridized carbons (Fsp3) is 0.571. The fourth-order valence-corrected chi connectivity index (χ4v) is 2.29. The first kappa shape index (κ1) is 13.0. The van der Waals surface area contributed by atoms with Crippen molar-refractivity contribution in [3.8, 4) is 5.88 Å². The van der Waals surface area contributed by atoms with Crippen LogP contribution < -0.4 is 10.5 Å². The molecule has 1 aliphatic rings. The molecule has 1 aromatic rings. The largest absolute Gasteiger partial charge is 0.480 e. The Bertz CT molecular complexity index is 400. The van der Waals surface area contributed by atoms with Gasteiger partial charge in [-0.15, -0.1) is 10.2 Å². The zero-order chi connectivity index (χ0) is 12.8. The van der Waals surface area contributed by atoms with Gasteiger partial charge in [0.25, 0.3) is 0 Å². The molecule has 1 heterocycles. The molecule has 1 aromatic heterocycles. The molecule has 0 saturated carbocycles. The predicted molar refractivity (Wildman–Crippen MR) is 71.3 cm³/mol. The highest BCUT2D eigenvalue weighted by Crippen LogP contribution is 2.26. The maximum Gasteiger partial charge on any atom is 0.233 e. The van der Waals surface area contributed by atoms with E-state index in [0.717, 1.165) is 18.5 Å². The first-order chi connectivity index (χ1) is 8.81. The molecule has 4 heteroatoms. The maximum absolute atomic E-state index is 6.27. The van der Waals surface area contributed by atoms with Crippen molar-refractivity contribution in [1.29, 1.82) is 0 Å². The molecule has 1 unspecified atom stereocenters. The van der Waals surface area contributed by atoms with Crippen LogP contribution in [0.4, 0.5) is 0 Å². The maximum atomic E-state index is 6.27. The van der Waals surface area contributed by atoms with E-state index in [-0.39, 0.29) is 6.04 Å². The highest BCUT2D eigenvalue weighted by Gasteiger charge is 2.14. The Morgan fingerprint density at radius 1 is 1.17 bits per heavy atom. The Morgan fingerprint density at radius 2 is 2.00 bits per heavy atom. The molecule has 0 spiro atoms. The summed E-state index contributed by atoms with van der Waals surface area (Å²) < 4.78 is 5.00. The van der Waals surface area contributed by atoms with Gasteiger partial charge in [-0.3, -0.25) is 0 Å². The summed E-state index contributed by atoms with van der Waals surface area (Å²) in [5.74, 6) is 0.526. The average Bonchev–Trinajstić information content (AvgIpc) is 2.38. The SMILES string of the molecule is COc1ccc(C(N)/C2=C/CCCCCC2)nn1. The van der Waals surface area contributed by atoms with Crippen molar-refractivity contribution in [3.05, 3.63) is 29.5 Å². The number of allylic oxidation sites excluding steroid dienone is 1. The van der Waals surface area contributed by atoms with Crippen LogP contribution in [-0.2, 0) is 0 Å². The van der Waals surface area contributed by atoms with Gasteiger partial charge < -0.3 is 10.5 Å². The summed E-state index contributed by atoms with van der Waals surface area (Å²) in [6.07, 6.45) is 9.63. The molecule has 18 heavy (non-hydrogen) atoms. The van der Waals surface area contributed by atoms with Crippen LogP contribution in [0.2, 0.25) is 0 Å². The first-order valence-electron chi connectivity index (χ1n) is 6.63. The first-order valence-corrected chi connectivity index (χ1v) is 6.63. The van der Waals surface area contributed by atoms with Crippen molar-refractivity contribution >= 4 is 0 Å². The van der Waals surface area contributed by atoms with Gasteiger partial charge in [0, 0.05) is 6.07 Å². The van der Waals surface area contributed by atoms with E-state index < -0.39 is 0 Å². The molecule has 0 fully saturated rings. The fourth-order valence-electron chi connectivity index (χ4n) is 2.29. The van der Waals surface area contributed by atoms with Gasteiger partial charge in [0.15, 0.2) is 0 Å². The van der Waals surface area contributed by atoms with Gasteiger partial charge in [-0.25, -0.2) is 0 Å². The lowest BCUT2D eigenvalue weighted by Crippen LogP contribution is -2.16. The monoisotopic (exact) mass is 247 g/mol. The van der Waals surface area contributed by atoms with E-state index >= 15 is 0 Å². The topological polar surface area (TPSA) is 61.0 Å². The van der Waals surface area contributed by atoms with Gasteiger partial charge in [0.2, 0.25) is 5.88 Å². The summed E-state index contributed by atoms with van der Waals surface area (Å²) in [7, 11) is 1.58. The molecule has 1 atom stereocenters. The van der Waals surface area contributed by atoms with Gasteiger partial charge >= 0.3 is 0 Å². The van der Waals surface area contributed by atoms with Gasteiger partial charge in [-0.2, -0.15) is 0 Å². The van der Waals surface area contributed by atoms with Crippen LogP contribution in [0.1, 0.15) is 50.3 Å². The number of methoxy groups -OCH3 is 1. The van der Waals surface area contributed by atoms with E-state index in [0.29, 0.717) is 5.88 Å². The lowest BCUT2D eigenvalue weighted by Gasteiger charge is -2.17. The van der Waals surface area contributed by atoms with Gasteiger partial charge in [-0.1, -0.05) is 24.5 Å². The predicted octanol–water partition coefficient (Wildman–Crippen LogP) is 2.77. The van der Waals surface area contributed by atoms with Crippen LogP contribution >= 0.6 is 0 Å². The van der Waals surface area contributed by atoms with Crippen LogP contribution in [0.5, 0.6) is 5.88 Å². The molecular formula is C14H21N3O. The van der Waals surface area contributed by atoms with Crippen molar-refractivity contribution in [2.75, 3.05) is 7.11 Å². The summed E-state index contributed by atoms with van der Waals surface area (Å²) >= 11 is 0. The molecule has 2 rings (SSSR count). The molecular weight excluding hydrogens is 226 g/mol. The second-order valence-electron chi connectivity index (χ2n) is 4.71. The Hall–Kier alpha value is -1.42. The van der Waals surface area contributed by atoms with Crippen LogP contribution in [0, 0.1) is 0 Å². The number of aromatic nitrogens is 2. The molecule has 0 bridgehead atoms. The third-order valence-corrected chi connectivity index (χ3v) is 3.41. The van der Waals surface area contributed by atoms with E-state index in [4.69, 9.17) is 10.5 Å². The van der Waals surface area contributed by atoms with Crippen molar-refractivity contribution in [3.63, 3.8) is 0 Å². The van der Waals surface area contributed by atoms with Crippen LogP contribution in [-0.4, -0.2) is 17.3 Å². The standard InChI is InChI=1S/C14H21N3O/c1-18-13-10-9-12(16-17-13)14(15)11-7-5-3-2-4-6-8-11/h7,9-10,14H,2-6,8,15H2,1H3/b11-7+. The molecule has 0 saturated heterocycles. The third-order valence-electron chi connectivity index (χ3n) is 3.41. The van der Waals surface area contributed by atoms with E-state index in [2.05, 4.69) is 16.3 Å². The number of nitrogens with zero attached hydrogens (tertiary/aromatic N) is 2. The molecule has 0 aromatic carbocycles. The lowest BCUT2D eigenvalue weighted by molar-refractivity contribution is 0.390. The lowest BCUT2D eigenvalue weighted by atomic mass is 9.94. The summed E-state index contributed by atoms with van der Waals surface area (Å²) in [5.41, 5.74) is 8.39. The number of nitrogens with two attached hydrogens (primary N) is 1. The summed E-state index contributed by atoms with van der Waals surface area (Å²) in [6, 6.07) is 3.59. The second-order valence-corrected chi connectivity index (χ2v) is 4.71. The van der Waals surface area contributed by atoms with Gasteiger partial charge in [0.05, 0.1) is 18.8 Å². The Kier molecular flexibility index (Phi) is 4.70. The third kappa shape index (κ3) is 3.29. The second kappa shape index (κ2) is 6.50. The summed E-state index contributed by atoms with van der Waals surface area (Å²) in [5, 5.41) is 8.11. The van der Waals surface area contributed by atoms with Gasteiger partial charge in [0.1, 0.15) is 0 Å². The molecule has 98 valence electrons. The molecule has 2 N–H and O–H groups in total. The van der Waals surface area contributed by atoms with Crippen LogP contribution in [0.15, 0.2) is 23.8 Å².